The fourth-order valence-corrected chi connectivity index (χ4v) is 2.26. The molecule has 15 heavy (non-hydrogen) atoms. The topological polar surface area (TPSA) is 34.0 Å². The minimum absolute atomic E-state index is 0.563. The molecular formula is C11H20N4. The van der Waals surface area contributed by atoms with Crippen LogP contribution in [-0.4, -0.2) is 39.0 Å². The van der Waals surface area contributed by atoms with Crippen LogP contribution in [-0.2, 0) is 0 Å². The highest BCUT2D eigenvalue weighted by molar-refractivity contribution is 4.80. The van der Waals surface area contributed by atoms with E-state index >= 15 is 0 Å². The Hall–Kier alpha value is -0.900. The highest BCUT2D eigenvalue weighted by Crippen LogP contribution is 2.22. The third kappa shape index (κ3) is 2.37. The Kier molecular flexibility index (Phi) is 3.36. The molecule has 1 fully saturated rings. The van der Waals surface area contributed by atoms with Crippen molar-refractivity contribution >= 4 is 0 Å². The predicted octanol–water partition coefficient (Wildman–Crippen LogP) is 1.71. The molecule has 4 heteroatoms. The Bertz CT molecular complexity index is 275. The summed E-state index contributed by atoms with van der Waals surface area (Å²) in [5, 5.41) is 7.95. The van der Waals surface area contributed by atoms with Gasteiger partial charge in [-0.1, -0.05) is 12.1 Å². The number of hydrogen-bond donors (Lipinski definition) is 0. The Morgan fingerprint density at radius 2 is 2.13 bits per heavy atom. The van der Waals surface area contributed by atoms with Gasteiger partial charge in [-0.3, -0.25) is 0 Å². The summed E-state index contributed by atoms with van der Waals surface area (Å²) < 4.78 is 2.01. The van der Waals surface area contributed by atoms with Crippen molar-refractivity contribution in [1.29, 1.82) is 0 Å². The largest absolute Gasteiger partial charge is 0.301 e. The Labute approximate surface area is 91.3 Å². The van der Waals surface area contributed by atoms with Crippen LogP contribution in [0, 0.1) is 0 Å². The van der Waals surface area contributed by atoms with Crippen LogP contribution < -0.4 is 0 Å². The lowest BCUT2D eigenvalue weighted by Crippen LogP contribution is -2.40. The molecule has 0 amide bonds. The van der Waals surface area contributed by atoms with Crippen molar-refractivity contribution in [2.45, 2.75) is 45.2 Å². The van der Waals surface area contributed by atoms with Crippen LogP contribution in [0.1, 0.15) is 39.2 Å². The number of nitrogens with zero attached hydrogens (tertiary/aromatic N) is 4. The second-order valence-electron chi connectivity index (χ2n) is 4.41. The second kappa shape index (κ2) is 4.75. The molecule has 0 radical (unpaired) electrons. The summed E-state index contributed by atoms with van der Waals surface area (Å²) in [6, 6.07) is 1.29. The maximum absolute atomic E-state index is 4.08. The number of aromatic nitrogens is 3. The molecule has 0 aliphatic carbocycles. The summed E-state index contributed by atoms with van der Waals surface area (Å²) in [4.78, 5) is 2.58. The maximum atomic E-state index is 4.08. The number of hydrogen-bond acceptors (Lipinski definition) is 3. The fraction of sp³-hybridized carbons (Fsp3) is 0.818. The van der Waals surface area contributed by atoms with Gasteiger partial charge in [-0.05, 0) is 26.2 Å². The second-order valence-corrected chi connectivity index (χ2v) is 4.41. The molecule has 1 unspecified atom stereocenters. The molecule has 0 N–H and O–H groups in total. The number of rotatable bonds is 3. The molecule has 0 saturated carbocycles. The first kappa shape index (κ1) is 10.6. The first-order valence-electron chi connectivity index (χ1n) is 5.91. The van der Waals surface area contributed by atoms with Gasteiger partial charge >= 0.3 is 0 Å². The standard InChI is InChI=1S/C11H20N4/c1-3-10(2)14-7-4-11(5-8-14)15-9-6-12-13-15/h6,9-11H,3-5,7-8H2,1-2H3. The summed E-state index contributed by atoms with van der Waals surface area (Å²) in [6.45, 7) is 6.96. The molecule has 2 rings (SSSR count). The summed E-state index contributed by atoms with van der Waals surface area (Å²) in [6.07, 6.45) is 7.39. The van der Waals surface area contributed by atoms with Crippen LogP contribution in [0.3, 0.4) is 0 Å². The summed E-state index contributed by atoms with van der Waals surface area (Å²) in [5.74, 6) is 0. The fourth-order valence-electron chi connectivity index (χ4n) is 2.26. The molecule has 4 nitrogen and oxygen atoms in total. The molecule has 1 aromatic heterocycles. The zero-order chi connectivity index (χ0) is 10.7. The van der Waals surface area contributed by atoms with E-state index < -0.39 is 0 Å². The molecule has 1 aliphatic rings. The third-order valence-electron chi connectivity index (χ3n) is 3.53. The molecule has 1 aromatic rings. The SMILES string of the molecule is CCC(C)N1CCC(n2ccnn2)CC1. The van der Waals surface area contributed by atoms with Crippen molar-refractivity contribution in [3.63, 3.8) is 0 Å². The predicted molar refractivity (Wildman–Crippen MR) is 59.6 cm³/mol. The van der Waals surface area contributed by atoms with Crippen LogP contribution in [0.15, 0.2) is 12.4 Å². The van der Waals surface area contributed by atoms with Gasteiger partial charge in [0.1, 0.15) is 0 Å². The van der Waals surface area contributed by atoms with E-state index in [4.69, 9.17) is 0 Å². The van der Waals surface area contributed by atoms with E-state index in [1.54, 1.807) is 6.20 Å². The van der Waals surface area contributed by atoms with Gasteiger partial charge in [0, 0.05) is 25.3 Å². The van der Waals surface area contributed by atoms with E-state index in [1.807, 2.05) is 10.9 Å². The molecule has 1 saturated heterocycles. The van der Waals surface area contributed by atoms with E-state index in [9.17, 15) is 0 Å². The van der Waals surface area contributed by atoms with Crippen molar-refractivity contribution in [3.05, 3.63) is 12.4 Å². The first-order valence-corrected chi connectivity index (χ1v) is 5.91. The first-order chi connectivity index (χ1) is 7.31. The van der Waals surface area contributed by atoms with Gasteiger partial charge in [0.25, 0.3) is 0 Å². The summed E-state index contributed by atoms with van der Waals surface area (Å²) in [7, 11) is 0. The molecule has 0 spiro atoms. The lowest BCUT2D eigenvalue weighted by molar-refractivity contribution is 0.135. The highest BCUT2D eigenvalue weighted by Gasteiger charge is 2.22. The molecular weight excluding hydrogens is 188 g/mol. The molecule has 1 atom stereocenters. The van der Waals surface area contributed by atoms with Crippen molar-refractivity contribution in [2.24, 2.45) is 0 Å². The third-order valence-corrected chi connectivity index (χ3v) is 3.53. The van der Waals surface area contributed by atoms with E-state index in [1.165, 1.54) is 32.4 Å². The average molecular weight is 208 g/mol. The van der Waals surface area contributed by atoms with Crippen molar-refractivity contribution in [1.82, 2.24) is 19.9 Å². The minimum atomic E-state index is 0.563. The lowest BCUT2D eigenvalue weighted by Gasteiger charge is -2.35. The molecule has 84 valence electrons. The Balaban J connectivity index is 1.87. The quantitative estimate of drug-likeness (QED) is 0.758. The zero-order valence-electron chi connectivity index (χ0n) is 9.63. The van der Waals surface area contributed by atoms with Crippen molar-refractivity contribution in [2.75, 3.05) is 13.1 Å². The molecule has 0 aromatic carbocycles. The monoisotopic (exact) mass is 208 g/mol. The van der Waals surface area contributed by atoms with Gasteiger partial charge in [0.15, 0.2) is 0 Å². The Morgan fingerprint density at radius 3 is 2.67 bits per heavy atom. The van der Waals surface area contributed by atoms with Gasteiger partial charge in [-0.2, -0.15) is 0 Å². The van der Waals surface area contributed by atoms with Crippen LogP contribution in [0.2, 0.25) is 0 Å². The van der Waals surface area contributed by atoms with Gasteiger partial charge < -0.3 is 4.90 Å². The van der Waals surface area contributed by atoms with Gasteiger partial charge in [-0.15, -0.1) is 5.10 Å². The minimum Gasteiger partial charge on any atom is -0.301 e. The van der Waals surface area contributed by atoms with E-state index in [0.29, 0.717) is 6.04 Å². The maximum Gasteiger partial charge on any atom is 0.0693 e. The Morgan fingerprint density at radius 1 is 1.40 bits per heavy atom. The van der Waals surface area contributed by atoms with Crippen LogP contribution in [0.5, 0.6) is 0 Å². The molecule has 0 bridgehead atoms. The summed E-state index contributed by atoms with van der Waals surface area (Å²) in [5.41, 5.74) is 0. The van der Waals surface area contributed by atoms with Crippen LogP contribution in [0.4, 0.5) is 0 Å². The van der Waals surface area contributed by atoms with Gasteiger partial charge in [0.2, 0.25) is 0 Å². The van der Waals surface area contributed by atoms with E-state index in [2.05, 4.69) is 29.1 Å². The smallest absolute Gasteiger partial charge is 0.0693 e. The van der Waals surface area contributed by atoms with Gasteiger partial charge in [0.05, 0.1) is 12.2 Å². The lowest BCUT2D eigenvalue weighted by atomic mass is 10.0. The zero-order valence-corrected chi connectivity index (χ0v) is 9.63. The number of piperidine rings is 1. The van der Waals surface area contributed by atoms with E-state index in [0.717, 1.165) is 6.04 Å². The molecule has 2 heterocycles. The molecule has 1 aliphatic heterocycles. The summed E-state index contributed by atoms with van der Waals surface area (Å²) >= 11 is 0. The highest BCUT2D eigenvalue weighted by atomic mass is 15.4. The number of likely N-dealkylation sites (tertiary alicyclic amines) is 1. The van der Waals surface area contributed by atoms with Crippen molar-refractivity contribution < 1.29 is 0 Å². The normalized spacial score (nSPS) is 21.7. The van der Waals surface area contributed by atoms with Gasteiger partial charge in [-0.25, -0.2) is 4.68 Å². The average Bonchev–Trinajstić information content (AvgIpc) is 2.82. The van der Waals surface area contributed by atoms with Crippen LogP contribution in [0.25, 0.3) is 0 Å². The van der Waals surface area contributed by atoms with Crippen molar-refractivity contribution in [3.8, 4) is 0 Å². The van der Waals surface area contributed by atoms with Crippen LogP contribution >= 0.6 is 0 Å². The van der Waals surface area contributed by atoms with E-state index in [-0.39, 0.29) is 0 Å².